The number of benzene rings is 2. The molecule has 1 aromatic heterocycles. The first kappa shape index (κ1) is 16.6. The van der Waals surface area contributed by atoms with Gasteiger partial charge in [0, 0.05) is 26.0 Å². The van der Waals surface area contributed by atoms with Crippen molar-refractivity contribution >= 4 is 38.4 Å². The predicted molar refractivity (Wildman–Crippen MR) is 103 cm³/mol. The standard InChI is InChI=1S/C19H20BrClN2/c1-12-5-8-18-15(10-12)14(4-2-3-9-22)19(23-18)16-11-13(20)6-7-17(16)21/h5-8,10-11,23H,2-4,9,22H2,1H3. The van der Waals surface area contributed by atoms with Crippen molar-refractivity contribution in [2.75, 3.05) is 6.54 Å². The fourth-order valence-electron chi connectivity index (χ4n) is 2.99. The maximum atomic E-state index is 6.46. The summed E-state index contributed by atoms with van der Waals surface area (Å²) in [6.45, 7) is 2.86. The van der Waals surface area contributed by atoms with E-state index in [0.717, 1.165) is 52.1 Å². The minimum atomic E-state index is 0.731. The second kappa shape index (κ2) is 7.08. The SMILES string of the molecule is Cc1ccc2[nH]c(-c3cc(Br)ccc3Cl)c(CCCCN)c2c1. The van der Waals surface area contributed by atoms with Crippen LogP contribution >= 0.6 is 27.5 Å². The zero-order valence-electron chi connectivity index (χ0n) is 13.1. The summed E-state index contributed by atoms with van der Waals surface area (Å²) >= 11 is 10.0. The highest BCUT2D eigenvalue weighted by molar-refractivity contribution is 9.10. The van der Waals surface area contributed by atoms with Crippen LogP contribution in [0, 0.1) is 6.92 Å². The summed E-state index contributed by atoms with van der Waals surface area (Å²) in [4.78, 5) is 3.57. The second-order valence-corrected chi connectivity index (χ2v) is 7.22. The Morgan fingerprint density at radius 3 is 2.74 bits per heavy atom. The van der Waals surface area contributed by atoms with Crippen LogP contribution in [0.5, 0.6) is 0 Å². The molecular weight excluding hydrogens is 372 g/mol. The maximum Gasteiger partial charge on any atom is 0.0512 e. The van der Waals surface area contributed by atoms with Crippen molar-refractivity contribution in [3.8, 4) is 11.3 Å². The van der Waals surface area contributed by atoms with Gasteiger partial charge in [0.05, 0.1) is 5.69 Å². The Bertz CT molecular complexity index is 839. The van der Waals surface area contributed by atoms with Crippen LogP contribution in [0.1, 0.15) is 24.0 Å². The first-order chi connectivity index (χ1) is 11.1. The number of hydrogen-bond donors (Lipinski definition) is 2. The molecule has 0 atom stereocenters. The highest BCUT2D eigenvalue weighted by Gasteiger charge is 2.15. The lowest BCUT2D eigenvalue weighted by molar-refractivity contribution is 0.748. The average molecular weight is 392 g/mol. The fourth-order valence-corrected chi connectivity index (χ4v) is 3.56. The van der Waals surface area contributed by atoms with E-state index in [2.05, 4.69) is 52.1 Å². The minimum Gasteiger partial charge on any atom is -0.354 e. The summed E-state index contributed by atoms with van der Waals surface area (Å²) in [6, 6.07) is 12.5. The first-order valence-corrected chi connectivity index (χ1v) is 9.04. The van der Waals surface area contributed by atoms with E-state index >= 15 is 0 Å². The van der Waals surface area contributed by atoms with Gasteiger partial charge in [-0.1, -0.05) is 39.2 Å². The van der Waals surface area contributed by atoms with Crippen LogP contribution in [0.2, 0.25) is 5.02 Å². The normalized spacial score (nSPS) is 11.3. The van der Waals surface area contributed by atoms with Crippen LogP contribution in [0.3, 0.4) is 0 Å². The molecule has 0 unspecified atom stereocenters. The Labute approximate surface area is 150 Å². The molecule has 0 saturated heterocycles. The summed E-state index contributed by atoms with van der Waals surface area (Å²) in [7, 11) is 0. The van der Waals surface area contributed by atoms with E-state index < -0.39 is 0 Å². The molecule has 0 saturated carbocycles. The zero-order chi connectivity index (χ0) is 16.4. The zero-order valence-corrected chi connectivity index (χ0v) is 15.5. The van der Waals surface area contributed by atoms with Gasteiger partial charge in [0.25, 0.3) is 0 Å². The van der Waals surface area contributed by atoms with Gasteiger partial charge >= 0.3 is 0 Å². The van der Waals surface area contributed by atoms with Crippen LogP contribution in [0.25, 0.3) is 22.2 Å². The lowest BCUT2D eigenvalue weighted by atomic mass is 9.99. The van der Waals surface area contributed by atoms with Crippen LogP contribution in [-0.4, -0.2) is 11.5 Å². The summed E-state index contributed by atoms with van der Waals surface area (Å²) in [5, 5.41) is 2.05. The van der Waals surface area contributed by atoms with E-state index in [-0.39, 0.29) is 0 Å². The Hall–Kier alpha value is -1.29. The van der Waals surface area contributed by atoms with Gasteiger partial charge in [-0.2, -0.15) is 0 Å². The lowest BCUT2D eigenvalue weighted by Crippen LogP contribution is -1.99. The van der Waals surface area contributed by atoms with Gasteiger partial charge in [-0.05, 0) is 68.6 Å². The van der Waals surface area contributed by atoms with Gasteiger partial charge in [0.15, 0.2) is 0 Å². The van der Waals surface area contributed by atoms with Crippen molar-refractivity contribution in [2.45, 2.75) is 26.2 Å². The number of aromatic amines is 1. The largest absolute Gasteiger partial charge is 0.354 e. The van der Waals surface area contributed by atoms with E-state index in [1.54, 1.807) is 0 Å². The van der Waals surface area contributed by atoms with Gasteiger partial charge in [-0.25, -0.2) is 0 Å². The van der Waals surface area contributed by atoms with Gasteiger partial charge < -0.3 is 10.7 Å². The smallest absolute Gasteiger partial charge is 0.0512 e. The molecule has 0 bridgehead atoms. The number of nitrogens with two attached hydrogens (primary N) is 1. The number of halogens is 2. The Balaban J connectivity index is 2.18. The molecule has 2 aromatic carbocycles. The lowest BCUT2D eigenvalue weighted by Gasteiger charge is -2.08. The van der Waals surface area contributed by atoms with E-state index in [1.807, 2.05) is 12.1 Å². The number of H-pyrrole nitrogens is 1. The third-order valence-electron chi connectivity index (χ3n) is 4.14. The molecule has 0 radical (unpaired) electrons. The second-order valence-electron chi connectivity index (χ2n) is 5.90. The molecule has 0 fully saturated rings. The molecule has 0 amide bonds. The topological polar surface area (TPSA) is 41.8 Å². The Morgan fingerprint density at radius 1 is 1.13 bits per heavy atom. The van der Waals surface area contributed by atoms with Gasteiger partial charge in [0.1, 0.15) is 0 Å². The molecule has 0 aliphatic carbocycles. The van der Waals surface area contributed by atoms with Crippen molar-refractivity contribution in [1.29, 1.82) is 0 Å². The number of unbranched alkanes of at least 4 members (excludes halogenated alkanes) is 1. The maximum absolute atomic E-state index is 6.46. The molecule has 4 heteroatoms. The minimum absolute atomic E-state index is 0.731. The van der Waals surface area contributed by atoms with Gasteiger partial charge in [0.2, 0.25) is 0 Å². The van der Waals surface area contributed by atoms with Crippen LogP contribution < -0.4 is 5.73 Å². The fraction of sp³-hybridized carbons (Fsp3) is 0.263. The van der Waals surface area contributed by atoms with Crippen LogP contribution in [-0.2, 0) is 6.42 Å². The number of nitrogens with one attached hydrogen (secondary N) is 1. The molecule has 120 valence electrons. The first-order valence-electron chi connectivity index (χ1n) is 7.87. The monoisotopic (exact) mass is 390 g/mol. The van der Waals surface area contributed by atoms with E-state index in [4.69, 9.17) is 17.3 Å². The number of rotatable bonds is 5. The predicted octanol–water partition coefficient (Wildman–Crippen LogP) is 5.84. The molecule has 3 rings (SSSR count). The molecule has 23 heavy (non-hydrogen) atoms. The Kier molecular flexibility index (Phi) is 5.10. The van der Waals surface area contributed by atoms with E-state index in [0.29, 0.717) is 0 Å². The van der Waals surface area contributed by atoms with Crippen LogP contribution in [0.4, 0.5) is 0 Å². The van der Waals surface area contributed by atoms with Gasteiger partial charge in [-0.15, -0.1) is 0 Å². The molecule has 0 spiro atoms. The third-order valence-corrected chi connectivity index (χ3v) is 4.96. The highest BCUT2D eigenvalue weighted by atomic mass is 79.9. The molecule has 3 aromatic rings. The average Bonchev–Trinajstić information content (AvgIpc) is 2.88. The van der Waals surface area contributed by atoms with Gasteiger partial charge in [-0.3, -0.25) is 0 Å². The molecular formula is C19H20BrClN2. The van der Waals surface area contributed by atoms with Crippen LogP contribution in [0.15, 0.2) is 40.9 Å². The number of aryl methyl sites for hydroxylation is 2. The van der Waals surface area contributed by atoms with Crippen molar-refractivity contribution in [2.24, 2.45) is 5.73 Å². The third kappa shape index (κ3) is 3.47. The summed E-state index contributed by atoms with van der Waals surface area (Å²) in [5.41, 5.74) is 11.6. The summed E-state index contributed by atoms with van der Waals surface area (Å²) in [6.07, 6.45) is 3.11. The van der Waals surface area contributed by atoms with Crippen molar-refractivity contribution in [3.63, 3.8) is 0 Å². The molecule has 3 N–H and O–H groups in total. The van der Waals surface area contributed by atoms with Crippen molar-refractivity contribution < 1.29 is 0 Å². The number of aromatic nitrogens is 1. The van der Waals surface area contributed by atoms with E-state index in [1.165, 1.54) is 16.5 Å². The van der Waals surface area contributed by atoms with Crippen molar-refractivity contribution in [3.05, 3.63) is 57.0 Å². The quantitative estimate of drug-likeness (QED) is 0.527. The van der Waals surface area contributed by atoms with E-state index in [9.17, 15) is 0 Å². The Morgan fingerprint density at radius 2 is 1.96 bits per heavy atom. The summed E-state index contributed by atoms with van der Waals surface area (Å²) in [5.74, 6) is 0. The number of fused-ring (bicyclic) bond motifs is 1. The summed E-state index contributed by atoms with van der Waals surface area (Å²) < 4.78 is 1.03. The molecule has 2 nitrogen and oxygen atoms in total. The molecule has 0 aliphatic heterocycles. The molecule has 0 aliphatic rings. The number of hydrogen-bond acceptors (Lipinski definition) is 1. The molecule has 1 heterocycles. The highest BCUT2D eigenvalue weighted by Crippen LogP contribution is 2.37. The van der Waals surface area contributed by atoms with Crippen molar-refractivity contribution in [1.82, 2.24) is 4.98 Å².